The summed E-state index contributed by atoms with van der Waals surface area (Å²) >= 11 is 0. The number of ether oxygens (including phenoxy) is 1. The van der Waals surface area contributed by atoms with E-state index < -0.39 is 0 Å². The van der Waals surface area contributed by atoms with E-state index in [4.69, 9.17) is 4.74 Å². The molecular formula is C27H25N5O5. The van der Waals surface area contributed by atoms with Crippen molar-refractivity contribution >= 4 is 23.6 Å². The smallest absolute Gasteiger partial charge is 0.274 e. The van der Waals surface area contributed by atoms with E-state index in [0.717, 1.165) is 0 Å². The number of rotatable bonds is 6. The molecule has 2 aromatic carbocycles. The first-order valence-corrected chi connectivity index (χ1v) is 12.0. The van der Waals surface area contributed by atoms with E-state index in [1.807, 2.05) is 6.92 Å². The lowest BCUT2D eigenvalue weighted by molar-refractivity contribution is 0.0529. The van der Waals surface area contributed by atoms with Crippen LogP contribution in [0.15, 0.2) is 61.1 Å². The molecule has 0 bridgehead atoms. The van der Waals surface area contributed by atoms with Gasteiger partial charge in [-0.1, -0.05) is 18.2 Å². The Morgan fingerprint density at radius 3 is 2.14 bits per heavy atom. The maximum atomic E-state index is 13.5. The zero-order valence-electron chi connectivity index (χ0n) is 20.3. The standard InChI is InChI=1S/C27H25N5O5/c1-2-37-23-8-7-18(17-32-25(34)19-5-3-4-6-20(19)26(32)35)15-21(23)24(33)30-11-13-31(14-12-30)27(36)22-16-28-9-10-29-22/h3-10,15-16H,2,11-14,17H2,1H3. The molecule has 0 saturated carbocycles. The minimum atomic E-state index is -0.355. The molecule has 1 fully saturated rings. The second-order valence-corrected chi connectivity index (χ2v) is 8.68. The average molecular weight is 500 g/mol. The lowest BCUT2D eigenvalue weighted by Gasteiger charge is -2.34. The Kier molecular flexibility index (Phi) is 6.63. The van der Waals surface area contributed by atoms with Crippen molar-refractivity contribution in [3.05, 3.63) is 89.0 Å². The number of amides is 4. The summed E-state index contributed by atoms with van der Waals surface area (Å²) in [7, 11) is 0. The van der Waals surface area contributed by atoms with Crippen LogP contribution in [0, 0.1) is 0 Å². The van der Waals surface area contributed by atoms with Gasteiger partial charge in [-0.3, -0.25) is 29.1 Å². The monoisotopic (exact) mass is 499 g/mol. The van der Waals surface area contributed by atoms with E-state index in [2.05, 4.69) is 9.97 Å². The van der Waals surface area contributed by atoms with Gasteiger partial charge in [0.25, 0.3) is 23.6 Å². The number of aromatic nitrogens is 2. The van der Waals surface area contributed by atoms with E-state index in [1.54, 1.807) is 52.3 Å². The normalized spacial score (nSPS) is 15.1. The summed E-state index contributed by atoms with van der Waals surface area (Å²) in [5.74, 6) is -0.744. The molecule has 1 aromatic heterocycles. The molecule has 10 heteroatoms. The second-order valence-electron chi connectivity index (χ2n) is 8.68. The molecule has 37 heavy (non-hydrogen) atoms. The van der Waals surface area contributed by atoms with Gasteiger partial charge in [0.05, 0.1) is 36.0 Å². The highest BCUT2D eigenvalue weighted by atomic mass is 16.5. The molecule has 3 aromatic rings. The van der Waals surface area contributed by atoms with Crippen LogP contribution in [0.1, 0.15) is 54.0 Å². The number of nitrogens with zero attached hydrogens (tertiary/aromatic N) is 5. The van der Waals surface area contributed by atoms with E-state index in [9.17, 15) is 19.2 Å². The molecule has 0 spiro atoms. The van der Waals surface area contributed by atoms with Crippen LogP contribution in [0.4, 0.5) is 0 Å². The highest BCUT2D eigenvalue weighted by Crippen LogP contribution is 2.27. The molecule has 0 atom stereocenters. The minimum Gasteiger partial charge on any atom is -0.493 e. The fraction of sp³-hybridized carbons (Fsp3) is 0.259. The van der Waals surface area contributed by atoms with Crippen LogP contribution in [0.3, 0.4) is 0 Å². The predicted molar refractivity (Wildman–Crippen MR) is 132 cm³/mol. The largest absolute Gasteiger partial charge is 0.493 e. The summed E-state index contributed by atoms with van der Waals surface area (Å²) in [6, 6.07) is 11.8. The quantitative estimate of drug-likeness (QED) is 0.478. The van der Waals surface area contributed by atoms with Crippen LogP contribution in [-0.2, 0) is 6.54 Å². The molecule has 5 rings (SSSR count). The minimum absolute atomic E-state index is 0.0411. The molecule has 1 saturated heterocycles. The maximum Gasteiger partial charge on any atom is 0.274 e. The Balaban J connectivity index is 1.31. The van der Waals surface area contributed by atoms with Crippen LogP contribution in [0.25, 0.3) is 0 Å². The Labute approximate surface area is 213 Å². The van der Waals surface area contributed by atoms with Gasteiger partial charge in [-0.05, 0) is 36.8 Å². The van der Waals surface area contributed by atoms with Crippen LogP contribution in [-0.4, -0.2) is 81.1 Å². The topological polar surface area (TPSA) is 113 Å². The van der Waals surface area contributed by atoms with Gasteiger partial charge in [0.1, 0.15) is 11.4 Å². The highest BCUT2D eigenvalue weighted by Gasteiger charge is 2.35. The van der Waals surface area contributed by atoms with E-state index in [0.29, 0.717) is 60.8 Å². The van der Waals surface area contributed by atoms with Crippen LogP contribution >= 0.6 is 0 Å². The SMILES string of the molecule is CCOc1ccc(CN2C(=O)c3ccccc3C2=O)cc1C(=O)N1CCN(C(=O)c2cnccn2)CC1. The zero-order valence-corrected chi connectivity index (χ0v) is 20.3. The summed E-state index contributed by atoms with van der Waals surface area (Å²) in [5, 5.41) is 0. The molecular weight excluding hydrogens is 474 g/mol. The van der Waals surface area contributed by atoms with E-state index in [1.165, 1.54) is 23.5 Å². The fourth-order valence-corrected chi connectivity index (χ4v) is 4.54. The van der Waals surface area contributed by atoms with Crippen molar-refractivity contribution in [3.8, 4) is 5.75 Å². The molecule has 188 valence electrons. The van der Waals surface area contributed by atoms with Crippen molar-refractivity contribution in [2.75, 3.05) is 32.8 Å². The summed E-state index contributed by atoms with van der Waals surface area (Å²) in [6.45, 7) is 3.66. The molecule has 2 aliphatic heterocycles. The molecule has 0 aliphatic carbocycles. The van der Waals surface area contributed by atoms with Crippen molar-refractivity contribution in [1.82, 2.24) is 24.7 Å². The van der Waals surface area contributed by atoms with Crippen molar-refractivity contribution in [3.63, 3.8) is 0 Å². The first-order valence-electron chi connectivity index (χ1n) is 12.0. The van der Waals surface area contributed by atoms with Gasteiger partial charge in [-0.15, -0.1) is 0 Å². The van der Waals surface area contributed by atoms with Crippen LogP contribution in [0.5, 0.6) is 5.75 Å². The molecule has 0 unspecified atom stereocenters. The molecule has 2 aliphatic rings. The lowest BCUT2D eigenvalue weighted by Crippen LogP contribution is -2.50. The summed E-state index contributed by atoms with van der Waals surface area (Å²) in [6.07, 6.45) is 4.40. The van der Waals surface area contributed by atoms with Crippen LogP contribution < -0.4 is 4.74 Å². The molecule has 4 amide bonds. The Hall–Kier alpha value is -4.60. The van der Waals surface area contributed by atoms with E-state index >= 15 is 0 Å². The predicted octanol–water partition coefficient (Wildman–Crippen LogP) is 2.27. The Morgan fingerprint density at radius 2 is 1.54 bits per heavy atom. The van der Waals surface area contributed by atoms with Crippen molar-refractivity contribution < 1.29 is 23.9 Å². The van der Waals surface area contributed by atoms with Gasteiger partial charge < -0.3 is 14.5 Å². The highest BCUT2D eigenvalue weighted by molar-refractivity contribution is 6.21. The third kappa shape index (κ3) is 4.65. The number of imide groups is 1. The number of hydrogen-bond donors (Lipinski definition) is 0. The first kappa shape index (κ1) is 24.1. The Bertz CT molecular complexity index is 1330. The van der Waals surface area contributed by atoms with Crippen LogP contribution in [0.2, 0.25) is 0 Å². The molecule has 0 radical (unpaired) electrons. The third-order valence-electron chi connectivity index (χ3n) is 6.43. The maximum absolute atomic E-state index is 13.5. The van der Waals surface area contributed by atoms with Gasteiger partial charge in [-0.2, -0.15) is 0 Å². The molecule has 0 N–H and O–H groups in total. The number of benzene rings is 2. The zero-order chi connectivity index (χ0) is 25.9. The number of piperazine rings is 1. The molecule has 10 nitrogen and oxygen atoms in total. The third-order valence-corrected chi connectivity index (χ3v) is 6.43. The summed E-state index contributed by atoms with van der Waals surface area (Å²) in [5.41, 5.74) is 2.01. The fourth-order valence-electron chi connectivity index (χ4n) is 4.54. The Morgan fingerprint density at radius 1 is 0.892 bits per heavy atom. The lowest BCUT2D eigenvalue weighted by atomic mass is 10.1. The van der Waals surface area contributed by atoms with Gasteiger partial charge in [0, 0.05) is 38.6 Å². The van der Waals surface area contributed by atoms with Gasteiger partial charge in [0.2, 0.25) is 0 Å². The summed E-state index contributed by atoms with van der Waals surface area (Å²) in [4.78, 5) is 64.3. The van der Waals surface area contributed by atoms with Crippen molar-refractivity contribution in [1.29, 1.82) is 0 Å². The van der Waals surface area contributed by atoms with Crippen molar-refractivity contribution in [2.24, 2.45) is 0 Å². The number of fused-ring (bicyclic) bond motifs is 1. The number of carbonyl (C=O) groups is 4. The first-order chi connectivity index (χ1) is 18.0. The van der Waals surface area contributed by atoms with Gasteiger partial charge >= 0.3 is 0 Å². The van der Waals surface area contributed by atoms with E-state index in [-0.39, 0.29) is 35.9 Å². The van der Waals surface area contributed by atoms with Crippen molar-refractivity contribution in [2.45, 2.75) is 13.5 Å². The second kappa shape index (κ2) is 10.2. The molecule has 3 heterocycles. The van der Waals surface area contributed by atoms with Gasteiger partial charge in [0.15, 0.2) is 0 Å². The van der Waals surface area contributed by atoms with Gasteiger partial charge in [-0.25, -0.2) is 4.98 Å². The summed E-state index contributed by atoms with van der Waals surface area (Å²) < 4.78 is 5.71. The number of carbonyl (C=O) groups excluding carboxylic acids is 4. The average Bonchev–Trinajstić information content (AvgIpc) is 3.18. The number of hydrogen-bond acceptors (Lipinski definition) is 7.